The molecule has 0 amide bonds. The molecule has 0 aromatic heterocycles. The number of likely N-dealkylation sites (N-methyl/N-ethyl adjacent to an activating group) is 1. The van der Waals surface area contributed by atoms with Crippen LogP contribution in [0.2, 0.25) is 0 Å². The fourth-order valence-corrected chi connectivity index (χ4v) is 1.11. The summed E-state index contributed by atoms with van der Waals surface area (Å²) in [5.74, 6) is 0. The molecule has 0 saturated heterocycles. The largest absolute Gasteiger partial charge is 0.392 e. The molecule has 0 radical (unpaired) electrons. The number of hydrogen-bond acceptors (Lipinski definition) is 2. The quantitative estimate of drug-likeness (QED) is 0.614. The predicted octanol–water partition coefficient (Wildman–Crippen LogP) is 2.06. The minimum atomic E-state index is 0.987. The van der Waals surface area contributed by atoms with E-state index in [-0.39, 0.29) is 0 Å². The molecule has 2 N–H and O–H groups in total. The van der Waals surface area contributed by atoms with Gasteiger partial charge in [-0.3, -0.25) is 0 Å². The minimum absolute atomic E-state index is 0.987. The van der Waals surface area contributed by atoms with Crippen LogP contribution in [0.4, 0.5) is 0 Å². The maximum Gasteiger partial charge on any atom is 0.0164 e. The molecule has 0 heterocycles. The van der Waals surface area contributed by atoms with Gasteiger partial charge in [-0.25, -0.2) is 0 Å². The van der Waals surface area contributed by atoms with Gasteiger partial charge in [0, 0.05) is 19.3 Å². The van der Waals surface area contributed by atoms with Crippen molar-refractivity contribution in [1.29, 1.82) is 0 Å². The molecule has 0 aliphatic heterocycles. The van der Waals surface area contributed by atoms with Gasteiger partial charge in [0.2, 0.25) is 0 Å². The maximum atomic E-state index is 3.18. The zero-order valence-electron chi connectivity index (χ0n) is 9.28. The third kappa shape index (κ3) is 6.41. The fourth-order valence-electron chi connectivity index (χ4n) is 1.11. The second-order valence-corrected chi connectivity index (χ2v) is 3.20. The number of hydrogen-bond donors (Lipinski definition) is 2. The molecule has 0 aliphatic rings. The van der Waals surface area contributed by atoms with E-state index in [1.807, 2.05) is 14.1 Å². The predicted molar refractivity (Wildman–Crippen MR) is 59.7 cm³/mol. The van der Waals surface area contributed by atoms with Gasteiger partial charge in [0.1, 0.15) is 0 Å². The molecule has 76 valence electrons. The highest BCUT2D eigenvalue weighted by molar-refractivity contribution is 5.16. The Bertz CT molecular complexity index is 173. The van der Waals surface area contributed by atoms with Gasteiger partial charge in [-0.15, -0.1) is 0 Å². The van der Waals surface area contributed by atoms with E-state index >= 15 is 0 Å². The second kappa shape index (κ2) is 7.87. The molecule has 2 heteroatoms. The van der Waals surface area contributed by atoms with Crippen molar-refractivity contribution in [2.45, 2.75) is 26.7 Å². The van der Waals surface area contributed by atoms with Crippen molar-refractivity contribution < 1.29 is 0 Å². The first-order chi connectivity index (χ1) is 6.24. The third-order valence-corrected chi connectivity index (χ3v) is 1.94. The van der Waals surface area contributed by atoms with E-state index in [0.29, 0.717) is 0 Å². The van der Waals surface area contributed by atoms with Crippen LogP contribution in [0, 0.1) is 0 Å². The van der Waals surface area contributed by atoms with E-state index in [2.05, 4.69) is 36.6 Å². The van der Waals surface area contributed by atoms with Crippen molar-refractivity contribution in [2.75, 3.05) is 20.6 Å². The zero-order chi connectivity index (χ0) is 10.1. The lowest BCUT2D eigenvalue weighted by Gasteiger charge is -2.04. The summed E-state index contributed by atoms with van der Waals surface area (Å²) in [7, 11) is 3.93. The molecule has 2 nitrogen and oxygen atoms in total. The monoisotopic (exact) mass is 182 g/mol. The Hall–Kier alpha value is -0.760. The third-order valence-electron chi connectivity index (χ3n) is 1.94. The van der Waals surface area contributed by atoms with Crippen LogP contribution in [0.1, 0.15) is 26.7 Å². The van der Waals surface area contributed by atoms with Crippen LogP contribution in [0.25, 0.3) is 0 Å². The lowest BCUT2D eigenvalue weighted by Crippen LogP contribution is -2.10. The average molecular weight is 182 g/mol. The number of rotatable bonds is 6. The van der Waals surface area contributed by atoms with Gasteiger partial charge in [0.05, 0.1) is 0 Å². The van der Waals surface area contributed by atoms with Crippen LogP contribution < -0.4 is 10.6 Å². The van der Waals surface area contributed by atoms with Gasteiger partial charge in [-0.05, 0) is 26.5 Å². The van der Waals surface area contributed by atoms with E-state index in [1.165, 1.54) is 24.1 Å². The van der Waals surface area contributed by atoms with Crippen LogP contribution in [0.3, 0.4) is 0 Å². The molecule has 0 saturated carbocycles. The number of allylic oxidation sites excluding steroid dienone is 3. The Balaban J connectivity index is 4.16. The molecular weight excluding hydrogens is 160 g/mol. The van der Waals surface area contributed by atoms with E-state index in [0.717, 1.165) is 6.54 Å². The summed E-state index contributed by atoms with van der Waals surface area (Å²) in [5.41, 5.74) is 2.66. The van der Waals surface area contributed by atoms with Gasteiger partial charge >= 0.3 is 0 Å². The van der Waals surface area contributed by atoms with Crippen molar-refractivity contribution in [3.05, 3.63) is 23.4 Å². The zero-order valence-corrected chi connectivity index (χ0v) is 9.28. The van der Waals surface area contributed by atoms with E-state index in [9.17, 15) is 0 Å². The van der Waals surface area contributed by atoms with E-state index < -0.39 is 0 Å². The average Bonchev–Trinajstić information content (AvgIpc) is 2.14. The number of nitrogens with one attached hydrogen (secondary N) is 2. The summed E-state index contributed by atoms with van der Waals surface area (Å²) < 4.78 is 0. The fraction of sp³-hybridized carbons (Fsp3) is 0.636. The molecule has 0 spiro atoms. The van der Waals surface area contributed by atoms with Gasteiger partial charge in [0.25, 0.3) is 0 Å². The summed E-state index contributed by atoms with van der Waals surface area (Å²) in [6.07, 6.45) is 6.71. The SMILES string of the molecule is CCC/C(=C\C=C(\C)NC)CNC. The van der Waals surface area contributed by atoms with Crippen LogP contribution >= 0.6 is 0 Å². The highest BCUT2D eigenvalue weighted by Crippen LogP contribution is 2.04. The van der Waals surface area contributed by atoms with Crippen LogP contribution in [0.5, 0.6) is 0 Å². The van der Waals surface area contributed by atoms with Crippen LogP contribution in [-0.2, 0) is 0 Å². The molecule has 0 atom stereocenters. The highest BCUT2D eigenvalue weighted by Gasteiger charge is 1.92. The van der Waals surface area contributed by atoms with Crippen LogP contribution in [0.15, 0.2) is 23.4 Å². The first-order valence-electron chi connectivity index (χ1n) is 4.93. The Labute approximate surface area is 82.1 Å². The summed E-state index contributed by atoms with van der Waals surface area (Å²) >= 11 is 0. The van der Waals surface area contributed by atoms with Crippen LogP contribution in [-0.4, -0.2) is 20.6 Å². The van der Waals surface area contributed by atoms with Crippen molar-refractivity contribution in [1.82, 2.24) is 10.6 Å². The van der Waals surface area contributed by atoms with Crippen molar-refractivity contribution >= 4 is 0 Å². The molecular formula is C11H22N2. The molecule has 13 heavy (non-hydrogen) atoms. The summed E-state index contributed by atoms with van der Waals surface area (Å²) in [5, 5.41) is 6.28. The van der Waals surface area contributed by atoms with Gasteiger partial charge in [0.15, 0.2) is 0 Å². The maximum absolute atomic E-state index is 3.18. The molecule has 0 aromatic carbocycles. The summed E-state index contributed by atoms with van der Waals surface area (Å²) in [4.78, 5) is 0. The smallest absolute Gasteiger partial charge is 0.0164 e. The van der Waals surface area contributed by atoms with E-state index in [4.69, 9.17) is 0 Å². The van der Waals surface area contributed by atoms with Crippen molar-refractivity contribution in [3.63, 3.8) is 0 Å². The molecule has 0 aromatic rings. The normalized spacial score (nSPS) is 13.2. The van der Waals surface area contributed by atoms with Crippen molar-refractivity contribution in [2.24, 2.45) is 0 Å². The van der Waals surface area contributed by atoms with Gasteiger partial charge in [-0.1, -0.05) is 25.0 Å². The molecule has 0 aliphatic carbocycles. The molecule has 0 fully saturated rings. The van der Waals surface area contributed by atoms with Gasteiger partial charge in [-0.2, -0.15) is 0 Å². The molecule has 0 unspecified atom stereocenters. The van der Waals surface area contributed by atoms with Gasteiger partial charge < -0.3 is 10.6 Å². The highest BCUT2D eigenvalue weighted by atomic mass is 14.8. The molecule has 0 rings (SSSR count). The molecule has 0 bridgehead atoms. The topological polar surface area (TPSA) is 24.1 Å². The Morgan fingerprint density at radius 1 is 1.23 bits per heavy atom. The Morgan fingerprint density at radius 3 is 2.38 bits per heavy atom. The first kappa shape index (κ1) is 12.2. The Morgan fingerprint density at radius 2 is 1.92 bits per heavy atom. The standard InChI is InChI=1S/C11H22N2/c1-5-6-11(9-12-3)8-7-10(2)13-4/h7-8,12-13H,5-6,9H2,1-4H3/b10-7-,11-8+. The lowest BCUT2D eigenvalue weighted by atomic mass is 10.1. The summed E-state index contributed by atoms with van der Waals surface area (Å²) in [6, 6.07) is 0. The van der Waals surface area contributed by atoms with E-state index in [1.54, 1.807) is 0 Å². The minimum Gasteiger partial charge on any atom is -0.392 e. The lowest BCUT2D eigenvalue weighted by molar-refractivity contribution is 0.800. The van der Waals surface area contributed by atoms with Crippen molar-refractivity contribution in [3.8, 4) is 0 Å². The summed E-state index contributed by atoms with van der Waals surface area (Å²) in [6.45, 7) is 5.26. The Kier molecular flexibility index (Phi) is 7.41. The first-order valence-corrected chi connectivity index (χ1v) is 4.93. The second-order valence-electron chi connectivity index (χ2n) is 3.20.